The van der Waals surface area contributed by atoms with Crippen molar-refractivity contribution in [3.05, 3.63) is 58.6 Å². The number of benzene rings is 1. The van der Waals surface area contributed by atoms with Crippen LogP contribution < -0.4 is 0 Å². The number of rotatable bonds is 4. The maximum atomic E-state index is 12.4. The van der Waals surface area contributed by atoms with Crippen molar-refractivity contribution < 1.29 is 9.32 Å². The molecule has 26 heavy (non-hydrogen) atoms. The molecule has 0 N–H and O–H groups in total. The Labute approximate surface area is 156 Å². The maximum absolute atomic E-state index is 12.4. The predicted octanol–water partition coefficient (Wildman–Crippen LogP) is 3.32. The molecule has 0 unspecified atom stereocenters. The Balaban J connectivity index is 1.39. The topological polar surface area (TPSA) is 62.5 Å². The normalized spacial score (nSPS) is 16.6. The van der Waals surface area contributed by atoms with Crippen LogP contribution in [0.25, 0.3) is 11.4 Å². The van der Waals surface area contributed by atoms with E-state index < -0.39 is 0 Å². The minimum atomic E-state index is 0.0268. The van der Waals surface area contributed by atoms with E-state index in [9.17, 15) is 4.79 Å². The lowest BCUT2D eigenvalue weighted by Crippen LogP contribution is -2.49. The van der Waals surface area contributed by atoms with Crippen LogP contribution in [0, 0.1) is 0 Å². The molecule has 0 spiro atoms. The summed E-state index contributed by atoms with van der Waals surface area (Å²) in [5.74, 6) is 1.34. The van der Waals surface area contributed by atoms with E-state index in [1.165, 1.54) is 11.3 Å². The molecule has 1 aliphatic heterocycles. The Bertz CT molecular complexity index is 855. The third-order valence-corrected chi connectivity index (χ3v) is 5.57. The van der Waals surface area contributed by atoms with Crippen LogP contribution >= 0.6 is 11.3 Å². The molecule has 0 radical (unpaired) electrons. The van der Waals surface area contributed by atoms with Gasteiger partial charge in [-0.05, 0) is 18.4 Å². The lowest BCUT2D eigenvalue weighted by atomic mass is 10.2. The summed E-state index contributed by atoms with van der Waals surface area (Å²) in [4.78, 5) is 22.0. The molecule has 134 valence electrons. The quantitative estimate of drug-likeness (QED) is 0.707. The first kappa shape index (κ1) is 16.9. The molecule has 3 heterocycles. The van der Waals surface area contributed by atoms with Gasteiger partial charge in [0, 0.05) is 31.7 Å². The highest BCUT2D eigenvalue weighted by molar-refractivity contribution is 7.12. The smallest absolute Gasteiger partial charge is 0.264 e. The fourth-order valence-electron chi connectivity index (χ4n) is 3.13. The zero-order chi connectivity index (χ0) is 17.9. The third-order valence-electron chi connectivity index (χ3n) is 4.71. The number of aromatic nitrogens is 2. The first-order valence-corrected chi connectivity index (χ1v) is 9.56. The summed E-state index contributed by atoms with van der Waals surface area (Å²) in [5.41, 5.74) is 0.945. The largest absolute Gasteiger partial charge is 0.337 e. The van der Waals surface area contributed by atoms with Gasteiger partial charge in [-0.1, -0.05) is 41.6 Å². The highest BCUT2D eigenvalue weighted by atomic mass is 32.1. The number of thiophene rings is 1. The van der Waals surface area contributed by atoms with Crippen LogP contribution in [0.5, 0.6) is 0 Å². The van der Waals surface area contributed by atoms with Gasteiger partial charge in [-0.3, -0.25) is 9.69 Å². The summed E-state index contributed by atoms with van der Waals surface area (Å²) in [5, 5.41) is 6.04. The Hall–Kier alpha value is -2.51. The Morgan fingerprint density at radius 2 is 1.88 bits per heavy atom. The number of carbonyl (C=O) groups is 1. The Morgan fingerprint density at radius 3 is 2.58 bits per heavy atom. The van der Waals surface area contributed by atoms with Crippen molar-refractivity contribution in [3.8, 4) is 11.4 Å². The van der Waals surface area contributed by atoms with Crippen molar-refractivity contribution in [2.45, 2.75) is 13.0 Å². The molecule has 6 nitrogen and oxygen atoms in total. The summed E-state index contributed by atoms with van der Waals surface area (Å²) < 4.78 is 5.49. The number of amides is 1. The molecule has 1 aromatic carbocycles. The van der Waals surface area contributed by atoms with E-state index in [2.05, 4.69) is 22.0 Å². The molecule has 7 heteroatoms. The monoisotopic (exact) mass is 368 g/mol. The van der Waals surface area contributed by atoms with Gasteiger partial charge in [0.25, 0.3) is 5.91 Å². The van der Waals surface area contributed by atoms with Crippen LogP contribution in [0.2, 0.25) is 0 Å². The minimum absolute atomic E-state index is 0.0268. The predicted molar refractivity (Wildman–Crippen MR) is 99.9 cm³/mol. The summed E-state index contributed by atoms with van der Waals surface area (Å²) in [6.45, 7) is 5.07. The zero-order valence-corrected chi connectivity index (χ0v) is 15.4. The van der Waals surface area contributed by atoms with E-state index in [1.807, 2.05) is 52.7 Å². The molecule has 1 fully saturated rings. The van der Waals surface area contributed by atoms with Gasteiger partial charge in [-0.2, -0.15) is 4.98 Å². The Kier molecular flexibility index (Phi) is 4.81. The van der Waals surface area contributed by atoms with Crippen LogP contribution in [0.1, 0.15) is 28.5 Å². The van der Waals surface area contributed by atoms with Gasteiger partial charge in [0.2, 0.25) is 11.7 Å². The standard InChI is InChI=1S/C19H20N4O2S/c1-14(18-20-17(21-25-18)15-6-3-2-4-7-15)22-9-11-23(12-10-22)19(24)16-8-5-13-26-16/h2-8,13-14H,9-12H2,1H3/t14-/m1/s1. The molecule has 1 aliphatic rings. The molecular weight excluding hydrogens is 348 g/mol. The van der Waals surface area contributed by atoms with Crippen LogP contribution in [0.4, 0.5) is 0 Å². The van der Waals surface area contributed by atoms with E-state index in [1.54, 1.807) is 0 Å². The van der Waals surface area contributed by atoms with Gasteiger partial charge in [0.1, 0.15) is 0 Å². The summed E-state index contributed by atoms with van der Waals surface area (Å²) in [6, 6.07) is 13.6. The fourth-order valence-corrected chi connectivity index (χ4v) is 3.82. The molecule has 1 saturated heterocycles. The van der Waals surface area contributed by atoms with Crippen LogP contribution in [-0.2, 0) is 0 Å². The molecule has 3 aromatic rings. The molecule has 0 bridgehead atoms. The van der Waals surface area contributed by atoms with Gasteiger partial charge in [-0.15, -0.1) is 11.3 Å². The van der Waals surface area contributed by atoms with Crippen molar-refractivity contribution in [2.75, 3.05) is 26.2 Å². The van der Waals surface area contributed by atoms with Gasteiger partial charge >= 0.3 is 0 Å². The van der Waals surface area contributed by atoms with Gasteiger partial charge in [-0.25, -0.2) is 0 Å². The first-order chi connectivity index (χ1) is 12.7. The summed E-state index contributed by atoms with van der Waals surface area (Å²) in [6.07, 6.45) is 0. The molecular formula is C19H20N4O2S. The van der Waals surface area contributed by atoms with Crippen LogP contribution in [-0.4, -0.2) is 52.0 Å². The number of hydrogen-bond donors (Lipinski definition) is 0. The van der Waals surface area contributed by atoms with Gasteiger partial charge < -0.3 is 9.42 Å². The lowest BCUT2D eigenvalue weighted by molar-refractivity contribution is 0.0556. The maximum Gasteiger partial charge on any atom is 0.264 e. The fraction of sp³-hybridized carbons (Fsp3) is 0.316. The van der Waals surface area contributed by atoms with Crippen LogP contribution in [0.3, 0.4) is 0 Å². The van der Waals surface area contributed by atoms with Crippen molar-refractivity contribution in [2.24, 2.45) is 0 Å². The number of nitrogens with zero attached hydrogens (tertiary/aromatic N) is 4. The number of hydrogen-bond acceptors (Lipinski definition) is 6. The molecule has 2 aromatic heterocycles. The van der Waals surface area contributed by atoms with E-state index in [4.69, 9.17) is 4.52 Å². The molecule has 4 rings (SSSR count). The summed E-state index contributed by atoms with van der Waals surface area (Å²) in [7, 11) is 0. The molecule has 0 aliphatic carbocycles. The third kappa shape index (κ3) is 3.40. The Morgan fingerprint density at radius 1 is 1.12 bits per heavy atom. The average molecular weight is 368 g/mol. The van der Waals surface area contributed by atoms with E-state index in [-0.39, 0.29) is 11.9 Å². The second kappa shape index (κ2) is 7.39. The highest BCUT2D eigenvalue weighted by Crippen LogP contribution is 2.24. The van der Waals surface area contributed by atoms with Crippen molar-refractivity contribution in [1.82, 2.24) is 19.9 Å². The second-order valence-corrected chi connectivity index (χ2v) is 7.25. The minimum Gasteiger partial charge on any atom is -0.337 e. The molecule has 1 atom stereocenters. The van der Waals surface area contributed by atoms with E-state index >= 15 is 0 Å². The van der Waals surface area contributed by atoms with Crippen LogP contribution in [0.15, 0.2) is 52.4 Å². The lowest BCUT2D eigenvalue weighted by Gasteiger charge is -2.36. The van der Waals surface area contributed by atoms with Crippen molar-refractivity contribution >= 4 is 17.2 Å². The highest BCUT2D eigenvalue weighted by Gasteiger charge is 2.28. The number of carbonyl (C=O) groups excluding carboxylic acids is 1. The first-order valence-electron chi connectivity index (χ1n) is 8.68. The van der Waals surface area contributed by atoms with Gasteiger partial charge in [0.15, 0.2) is 0 Å². The van der Waals surface area contributed by atoms with E-state index in [0.29, 0.717) is 24.8 Å². The second-order valence-electron chi connectivity index (χ2n) is 6.30. The number of piperazine rings is 1. The molecule has 0 saturated carbocycles. The summed E-state index contributed by atoms with van der Waals surface area (Å²) >= 11 is 1.49. The van der Waals surface area contributed by atoms with E-state index in [0.717, 1.165) is 23.5 Å². The SMILES string of the molecule is C[C@H](c1nc(-c2ccccc2)no1)N1CCN(C(=O)c2cccs2)CC1. The zero-order valence-electron chi connectivity index (χ0n) is 14.5. The molecule has 1 amide bonds. The van der Waals surface area contributed by atoms with Gasteiger partial charge in [0.05, 0.1) is 10.9 Å². The average Bonchev–Trinajstić information content (AvgIpc) is 3.40. The van der Waals surface area contributed by atoms with Crippen molar-refractivity contribution in [3.63, 3.8) is 0 Å². The van der Waals surface area contributed by atoms with Crippen molar-refractivity contribution in [1.29, 1.82) is 0 Å².